The number of nitrogens with zero attached hydrogens (tertiary/aromatic N) is 3. The molecular formula is C18H23F3N6O3. The lowest BCUT2D eigenvalue weighted by Gasteiger charge is -2.33. The summed E-state index contributed by atoms with van der Waals surface area (Å²) in [5.41, 5.74) is 2.74. The molecule has 9 nitrogen and oxygen atoms in total. The minimum absolute atomic E-state index is 0.0633. The summed E-state index contributed by atoms with van der Waals surface area (Å²) in [5, 5.41) is 19.9. The molecule has 0 saturated carbocycles. The quantitative estimate of drug-likeness (QED) is 0.481. The average Bonchev–Trinajstić information content (AvgIpc) is 3.16. The van der Waals surface area contributed by atoms with Crippen molar-refractivity contribution in [3.05, 3.63) is 11.9 Å². The Bertz CT molecular complexity index is 804. The van der Waals surface area contributed by atoms with Gasteiger partial charge in [0.15, 0.2) is 6.17 Å². The standard InChI is InChI=1S/C18H23F3N6O3/c19-9-3-8(14(21)10(20)4-9)5-22-18(29)15-13-16(23-7-24-17(13)27-26-15)25-11-6-30-2-1-12(11)28/h4,7-8,10-14,16,25,28H,1-3,5-6H2,(H,22,29)(H,23,24,27)/t8?,10?,11-,12-,13?,14?,16?/m1/s1. The number of carbonyl (C=O) groups is 1. The van der Waals surface area contributed by atoms with E-state index in [1.165, 1.54) is 6.34 Å². The lowest BCUT2D eigenvalue weighted by Crippen LogP contribution is -2.56. The first-order valence-electron chi connectivity index (χ1n) is 9.81. The van der Waals surface area contributed by atoms with Gasteiger partial charge in [-0.05, 0) is 12.5 Å². The summed E-state index contributed by atoms with van der Waals surface area (Å²) in [6.45, 7) is 0.518. The lowest BCUT2D eigenvalue weighted by atomic mass is 9.90. The van der Waals surface area contributed by atoms with Crippen molar-refractivity contribution in [2.24, 2.45) is 26.9 Å². The molecule has 3 heterocycles. The maximum Gasteiger partial charge on any atom is 0.268 e. The third-order valence-corrected chi connectivity index (χ3v) is 5.63. The third kappa shape index (κ3) is 4.25. The van der Waals surface area contributed by atoms with Crippen LogP contribution in [0, 0.1) is 11.8 Å². The van der Waals surface area contributed by atoms with Crippen molar-refractivity contribution < 1.29 is 27.8 Å². The van der Waals surface area contributed by atoms with Gasteiger partial charge in [-0.3, -0.25) is 20.5 Å². The van der Waals surface area contributed by atoms with Gasteiger partial charge in [0.2, 0.25) is 0 Å². The average molecular weight is 428 g/mol. The number of aliphatic hydroxyl groups is 1. The number of amidine groups is 1. The zero-order chi connectivity index (χ0) is 21.3. The van der Waals surface area contributed by atoms with Crippen LogP contribution in [-0.2, 0) is 9.53 Å². The Morgan fingerprint density at radius 2 is 2.23 bits per heavy atom. The van der Waals surface area contributed by atoms with Gasteiger partial charge in [0.05, 0.1) is 24.6 Å². The van der Waals surface area contributed by atoms with Crippen LogP contribution in [0.5, 0.6) is 0 Å². The van der Waals surface area contributed by atoms with Crippen molar-refractivity contribution >= 4 is 23.8 Å². The van der Waals surface area contributed by atoms with E-state index in [1.54, 1.807) is 0 Å². The fourth-order valence-corrected chi connectivity index (χ4v) is 3.94. The molecular weight excluding hydrogens is 405 g/mol. The summed E-state index contributed by atoms with van der Waals surface area (Å²) in [7, 11) is 0. The van der Waals surface area contributed by atoms with Crippen LogP contribution < -0.4 is 16.1 Å². The second-order valence-corrected chi connectivity index (χ2v) is 7.69. The van der Waals surface area contributed by atoms with Crippen LogP contribution in [0.3, 0.4) is 0 Å². The number of aliphatic hydroxyl groups excluding tert-OH is 1. The number of aliphatic imine (C=N–C) groups is 2. The summed E-state index contributed by atoms with van der Waals surface area (Å²) in [6, 6.07) is -0.379. The van der Waals surface area contributed by atoms with Gasteiger partial charge in [-0.1, -0.05) is 0 Å². The van der Waals surface area contributed by atoms with E-state index in [0.29, 0.717) is 31.5 Å². The minimum Gasteiger partial charge on any atom is -0.391 e. The number of hydrogen-bond donors (Lipinski definition) is 4. The number of halogens is 3. The molecule has 0 spiro atoms. The van der Waals surface area contributed by atoms with E-state index in [1.807, 2.05) is 0 Å². The molecule has 1 saturated heterocycles. The third-order valence-electron chi connectivity index (χ3n) is 5.63. The number of hydrogen-bond acceptors (Lipinski definition) is 8. The Labute approximate surface area is 170 Å². The number of amides is 1. The summed E-state index contributed by atoms with van der Waals surface area (Å²) in [6.07, 6.45) is -3.03. The van der Waals surface area contributed by atoms with Crippen molar-refractivity contribution in [2.75, 3.05) is 19.8 Å². The van der Waals surface area contributed by atoms with Crippen LogP contribution in [0.15, 0.2) is 27.0 Å². The molecule has 164 valence electrons. The van der Waals surface area contributed by atoms with Gasteiger partial charge in [-0.2, -0.15) is 5.10 Å². The first-order chi connectivity index (χ1) is 14.4. The highest BCUT2D eigenvalue weighted by atomic mass is 19.2. The van der Waals surface area contributed by atoms with Gasteiger partial charge in [0, 0.05) is 25.5 Å². The maximum atomic E-state index is 14.0. The second-order valence-electron chi connectivity index (χ2n) is 7.69. The molecule has 5 unspecified atom stereocenters. The van der Waals surface area contributed by atoms with E-state index in [9.17, 15) is 23.1 Å². The van der Waals surface area contributed by atoms with Gasteiger partial charge < -0.3 is 15.2 Å². The molecule has 1 amide bonds. The van der Waals surface area contributed by atoms with E-state index in [2.05, 4.69) is 31.1 Å². The predicted molar refractivity (Wildman–Crippen MR) is 102 cm³/mol. The molecule has 0 bridgehead atoms. The second kappa shape index (κ2) is 8.82. The van der Waals surface area contributed by atoms with Gasteiger partial charge >= 0.3 is 0 Å². The van der Waals surface area contributed by atoms with Crippen LogP contribution >= 0.6 is 0 Å². The van der Waals surface area contributed by atoms with Crippen molar-refractivity contribution in [3.8, 4) is 0 Å². The summed E-state index contributed by atoms with van der Waals surface area (Å²) in [5.74, 6) is -2.60. The smallest absolute Gasteiger partial charge is 0.268 e. The predicted octanol–water partition coefficient (Wildman–Crippen LogP) is -0.267. The highest BCUT2D eigenvalue weighted by Gasteiger charge is 2.42. The summed E-state index contributed by atoms with van der Waals surface area (Å²) >= 11 is 0. The number of ether oxygens (including phenoxy) is 1. The number of hydrazone groups is 1. The molecule has 0 aromatic rings. The molecule has 0 radical (unpaired) electrons. The highest BCUT2D eigenvalue weighted by Crippen LogP contribution is 2.29. The zero-order valence-corrected chi connectivity index (χ0v) is 16.0. The van der Waals surface area contributed by atoms with Crippen molar-refractivity contribution in [2.45, 2.75) is 43.5 Å². The van der Waals surface area contributed by atoms with E-state index < -0.39 is 48.2 Å². The molecule has 30 heavy (non-hydrogen) atoms. The Balaban J connectivity index is 1.40. The lowest BCUT2D eigenvalue weighted by molar-refractivity contribution is -0.115. The molecule has 4 N–H and O–H groups in total. The van der Waals surface area contributed by atoms with E-state index in [0.717, 1.165) is 0 Å². The monoisotopic (exact) mass is 428 g/mol. The minimum atomic E-state index is -2.03. The van der Waals surface area contributed by atoms with Gasteiger partial charge in [-0.15, -0.1) is 0 Å². The van der Waals surface area contributed by atoms with E-state index in [-0.39, 0.29) is 24.7 Å². The van der Waals surface area contributed by atoms with Crippen molar-refractivity contribution in [1.82, 2.24) is 16.1 Å². The molecule has 3 aliphatic heterocycles. The first-order valence-corrected chi connectivity index (χ1v) is 9.81. The molecule has 1 aliphatic carbocycles. The van der Waals surface area contributed by atoms with Crippen molar-refractivity contribution in [1.29, 1.82) is 0 Å². The topological polar surface area (TPSA) is 120 Å². The number of allylic oxidation sites excluding steroid dienone is 2. The van der Waals surface area contributed by atoms with Crippen LogP contribution in [-0.4, -0.2) is 79.3 Å². The van der Waals surface area contributed by atoms with Crippen LogP contribution in [0.4, 0.5) is 13.2 Å². The first kappa shape index (κ1) is 20.9. The number of nitrogens with one attached hydrogen (secondary N) is 3. The Kier molecular flexibility index (Phi) is 6.16. The normalized spacial score (nSPS) is 38.1. The molecule has 0 aromatic carbocycles. The molecule has 4 aliphatic rings. The molecule has 1 fully saturated rings. The Hall–Kier alpha value is -2.31. The number of fused-ring (bicyclic) bond motifs is 1. The SMILES string of the molecule is O=C(NCC1CC(F)=CC(F)C1F)C1=NNC2=NC=NC(N[C@@H]3COCC[C@H]3O)C21. The van der Waals surface area contributed by atoms with Crippen LogP contribution in [0.25, 0.3) is 0 Å². The highest BCUT2D eigenvalue weighted by molar-refractivity contribution is 6.45. The largest absolute Gasteiger partial charge is 0.391 e. The van der Waals surface area contributed by atoms with Crippen molar-refractivity contribution in [3.63, 3.8) is 0 Å². The number of alkyl halides is 2. The molecule has 0 aromatic heterocycles. The fraction of sp³-hybridized carbons (Fsp3) is 0.667. The number of rotatable bonds is 5. The summed E-state index contributed by atoms with van der Waals surface area (Å²) in [4.78, 5) is 21.0. The Morgan fingerprint density at radius 1 is 1.40 bits per heavy atom. The van der Waals surface area contributed by atoms with Crippen LogP contribution in [0.2, 0.25) is 0 Å². The number of carbonyl (C=O) groups excluding carboxylic acids is 1. The fourth-order valence-electron chi connectivity index (χ4n) is 3.94. The van der Waals surface area contributed by atoms with Gasteiger partial charge in [0.25, 0.3) is 5.91 Å². The summed E-state index contributed by atoms with van der Waals surface area (Å²) < 4.78 is 46.4. The van der Waals surface area contributed by atoms with Gasteiger partial charge in [0.1, 0.15) is 36.1 Å². The maximum absolute atomic E-state index is 14.0. The Morgan fingerprint density at radius 3 is 3.03 bits per heavy atom. The van der Waals surface area contributed by atoms with Gasteiger partial charge in [-0.25, -0.2) is 18.2 Å². The molecule has 4 rings (SSSR count). The van der Waals surface area contributed by atoms with E-state index in [4.69, 9.17) is 4.74 Å². The zero-order valence-electron chi connectivity index (χ0n) is 16.0. The molecule has 12 heteroatoms. The van der Waals surface area contributed by atoms with Crippen LogP contribution in [0.1, 0.15) is 12.8 Å². The molecule has 7 atom stereocenters. The van der Waals surface area contributed by atoms with E-state index >= 15 is 0 Å².